The van der Waals surface area contributed by atoms with E-state index < -0.39 is 0 Å². The average molecular weight is 295 g/mol. The van der Waals surface area contributed by atoms with E-state index in [0.29, 0.717) is 0 Å². The number of carbonyl (C=O) groups excluding carboxylic acids is 1. The zero-order valence-electron chi connectivity index (χ0n) is 12.5. The number of aromatic nitrogens is 2. The highest BCUT2D eigenvalue weighted by molar-refractivity contribution is 5.86. The van der Waals surface area contributed by atoms with Crippen molar-refractivity contribution in [1.29, 1.82) is 0 Å². The first-order chi connectivity index (χ1) is 10.7. The minimum absolute atomic E-state index is 0.224. The quantitative estimate of drug-likeness (QED) is 0.752. The van der Waals surface area contributed by atoms with Crippen LogP contribution in [0.15, 0.2) is 48.7 Å². The first kappa shape index (κ1) is 14.1. The zero-order chi connectivity index (χ0) is 15.5. The van der Waals surface area contributed by atoms with Crippen molar-refractivity contribution >= 4 is 22.6 Å². The van der Waals surface area contributed by atoms with Crippen LogP contribution < -0.4 is 5.32 Å². The molecule has 0 radical (unpaired) electrons. The molecule has 0 atom stereocenters. The van der Waals surface area contributed by atoms with Crippen LogP contribution in [0.4, 0.5) is 5.69 Å². The molecule has 0 bridgehead atoms. The molecule has 22 heavy (non-hydrogen) atoms. The van der Waals surface area contributed by atoms with Crippen LogP contribution in [0.1, 0.15) is 5.56 Å². The van der Waals surface area contributed by atoms with Crippen LogP contribution in [0.25, 0.3) is 16.6 Å². The molecule has 5 nitrogen and oxygen atoms in total. The molecule has 112 valence electrons. The molecule has 1 N–H and O–H groups in total. The summed E-state index contributed by atoms with van der Waals surface area (Å²) in [4.78, 5) is 11.5. The summed E-state index contributed by atoms with van der Waals surface area (Å²) in [6.07, 6.45) is 2.19. The van der Waals surface area contributed by atoms with Gasteiger partial charge in [-0.25, -0.2) is 4.68 Å². The Hall–Kier alpha value is -2.82. The fraction of sp³-hybridized carbons (Fsp3) is 0.176. The second kappa shape index (κ2) is 5.89. The van der Waals surface area contributed by atoms with Crippen molar-refractivity contribution in [2.75, 3.05) is 19.5 Å². The van der Waals surface area contributed by atoms with Gasteiger partial charge < -0.3 is 10.1 Å². The fourth-order valence-corrected chi connectivity index (χ4v) is 2.41. The van der Waals surface area contributed by atoms with E-state index in [-0.39, 0.29) is 12.4 Å². The van der Waals surface area contributed by atoms with Gasteiger partial charge in [-0.3, -0.25) is 4.79 Å². The van der Waals surface area contributed by atoms with Crippen LogP contribution in [0.3, 0.4) is 0 Å². The topological polar surface area (TPSA) is 56.2 Å². The molecular weight excluding hydrogens is 278 g/mol. The average Bonchev–Trinajstić information content (AvgIpc) is 3.00. The standard InChI is InChI=1S/C17H17N3O2/c1-18-14-7-4-8-15(10-14)20-11-13-6-3-5-12(17(13)19-20)9-16(21)22-2/h3-8,10-11,18H,9H2,1-2H3. The van der Waals surface area contributed by atoms with Crippen molar-refractivity contribution in [3.8, 4) is 5.69 Å². The molecule has 0 fully saturated rings. The van der Waals surface area contributed by atoms with E-state index in [0.717, 1.165) is 27.8 Å². The number of nitrogens with zero attached hydrogens (tertiary/aromatic N) is 2. The van der Waals surface area contributed by atoms with Crippen LogP contribution in [-0.2, 0) is 16.0 Å². The number of benzene rings is 2. The monoisotopic (exact) mass is 295 g/mol. The third-order valence-corrected chi connectivity index (χ3v) is 3.58. The Kier molecular flexibility index (Phi) is 3.78. The number of anilines is 1. The number of hydrogen-bond donors (Lipinski definition) is 1. The molecule has 0 aliphatic heterocycles. The van der Waals surface area contributed by atoms with E-state index in [2.05, 4.69) is 10.4 Å². The minimum Gasteiger partial charge on any atom is -0.469 e. The number of esters is 1. The van der Waals surface area contributed by atoms with Crippen LogP contribution in [0.2, 0.25) is 0 Å². The molecule has 3 rings (SSSR count). The van der Waals surface area contributed by atoms with E-state index in [9.17, 15) is 4.79 Å². The molecule has 0 saturated heterocycles. The van der Waals surface area contributed by atoms with Crippen LogP contribution >= 0.6 is 0 Å². The van der Waals surface area contributed by atoms with Gasteiger partial charge in [0, 0.05) is 24.3 Å². The molecule has 0 unspecified atom stereocenters. The van der Waals surface area contributed by atoms with Gasteiger partial charge >= 0.3 is 5.97 Å². The highest BCUT2D eigenvalue weighted by atomic mass is 16.5. The number of fused-ring (bicyclic) bond motifs is 1. The molecule has 3 aromatic rings. The fourth-order valence-electron chi connectivity index (χ4n) is 2.41. The predicted molar refractivity (Wildman–Crippen MR) is 86.3 cm³/mol. The number of carbonyl (C=O) groups is 1. The van der Waals surface area contributed by atoms with Gasteiger partial charge in [-0.1, -0.05) is 24.3 Å². The molecule has 0 saturated carbocycles. The van der Waals surface area contributed by atoms with Gasteiger partial charge in [-0.05, 0) is 23.8 Å². The predicted octanol–water partition coefficient (Wildman–Crippen LogP) is 2.78. The van der Waals surface area contributed by atoms with Gasteiger partial charge in [-0.2, -0.15) is 5.10 Å². The second-order valence-electron chi connectivity index (χ2n) is 4.98. The van der Waals surface area contributed by atoms with Crippen molar-refractivity contribution in [2.24, 2.45) is 0 Å². The summed E-state index contributed by atoms with van der Waals surface area (Å²) in [5, 5.41) is 8.74. The highest BCUT2D eigenvalue weighted by Gasteiger charge is 2.11. The lowest BCUT2D eigenvalue weighted by Gasteiger charge is -2.04. The van der Waals surface area contributed by atoms with E-state index in [4.69, 9.17) is 4.74 Å². The van der Waals surface area contributed by atoms with Crippen molar-refractivity contribution in [3.05, 3.63) is 54.2 Å². The van der Waals surface area contributed by atoms with Crippen LogP contribution in [-0.4, -0.2) is 29.9 Å². The van der Waals surface area contributed by atoms with Gasteiger partial charge in [0.15, 0.2) is 0 Å². The summed E-state index contributed by atoms with van der Waals surface area (Å²) in [7, 11) is 3.28. The van der Waals surface area contributed by atoms with Gasteiger partial charge in [-0.15, -0.1) is 0 Å². The Morgan fingerprint density at radius 2 is 2.09 bits per heavy atom. The van der Waals surface area contributed by atoms with Gasteiger partial charge in [0.25, 0.3) is 0 Å². The Morgan fingerprint density at radius 3 is 2.86 bits per heavy atom. The second-order valence-corrected chi connectivity index (χ2v) is 4.98. The van der Waals surface area contributed by atoms with E-state index in [1.165, 1.54) is 7.11 Å². The molecule has 1 heterocycles. The van der Waals surface area contributed by atoms with Crippen LogP contribution in [0.5, 0.6) is 0 Å². The zero-order valence-corrected chi connectivity index (χ0v) is 12.5. The summed E-state index contributed by atoms with van der Waals surface area (Å²) in [6.45, 7) is 0. The third kappa shape index (κ3) is 2.65. The summed E-state index contributed by atoms with van der Waals surface area (Å²) in [5.41, 5.74) is 3.68. The highest BCUT2D eigenvalue weighted by Crippen LogP contribution is 2.21. The number of nitrogens with one attached hydrogen (secondary N) is 1. The van der Waals surface area contributed by atoms with Crippen molar-refractivity contribution in [1.82, 2.24) is 9.78 Å². The summed E-state index contributed by atoms with van der Waals surface area (Å²) < 4.78 is 6.57. The lowest BCUT2D eigenvalue weighted by atomic mass is 10.1. The van der Waals surface area contributed by atoms with Crippen molar-refractivity contribution < 1.29 is 9.53 Å². The van der Waals surface area contributed by atoms with Gasteiger partial charge in [0.1, 0.15) is 0 Å². The Labute approximate surface area is 128 Å². The molecule has 0 aliphatic rings. The number of hydrogen-bond acceptors (Lipinski definition) is 4. The Balaban J connectivity index is 2.05. The molecule has 5 heteroatoms. The van der Waals surface area contributed by atoms with Crippen molar-refractivity contribution in [2.45, 2.75) is 6.42 Å². The Morgan fingerprint density at radius 1 is 1.27 bits per heavy atom. The molecule has 2 aromatic carbocycles. The number of ether oxygens (including phenoxy) is 1. The first-order valence-electron chi connectivity index (χ1n) is 7.03. The Bertz CT molecular complexity index is 824. The molecular formula is C17H17N3O2. The molecule has 0 aliphatic carbocycles. The largest absolute Gasteiger partial charge is 0.469 e. The third-order valence-electron chi connectivity index (χ3n) is 3.58. The molecule has 0 amide bonds. The lowest BCUT2D eigenvalue weighted by molar-refractivity contribution is -0.139. The van der Waals surface area contributed by atoms with Crippen molar-refractivity contribution in [3.63, 3.8) is 0 Å². The minimum atomic E-state index is -0.265. The normalized spacial score (nSPS) is 10.6. The lowest BCUT2D eigenvalue weighted by Crippen LogP contribution is -2.05. The van der Waals surface area contributed by atoms with Gasteiger partial charge in [0.2, 0.25) is 0 Å². The smallest absolute Gasteiger partial charge is 0.310 e. The molecule has 0 spiro atoms. The summed E-state index contributed by atoms with van der Waals surface area (Å²) in [6, 6.07) is 13.8. The van der Waals surface area contributed by atoms with Crippen LogP contribution in [0, 0.1) is 0 Å². The molecule has 1 aromatic heterocycles. The summed E-state index contributed by atoms with van der Waals surface area (Å²) >= 11 is 0. The maximum atomic E-state index is 11.5. The maximum Gasteiger partial charge on any atom is 0.310 e. The van der Waals surface area contributed by atoms with E-state index >= 15 is 0 Å². The SMILES string of the molecule is CNc1cccc(-n2cc3cccc(CC(=O)OC)c3n2)c1. The maximum absolute atomic E-state index is 11.5. The number of rotatable bonds is 4. The van der Waals surface area contributed by atoms with E-state index in [1.807, 2.05) is 60.4 Å². The van der Waals surface area contributed by atoms with Gasteiger partial charge in [0.05, 0.1) is 24.7 Å². The van der Waals surface area contributed by atoms with E-state index in [1.54, 1.807) is 0 Å². The number of methoxy groups -OCH3 is 1. The first-order valence-corrected chi connectivity index (χ1v) is 7.03. The summed E-state index contributed by atoms with van der Waals surface area (Å²) in [5.74, 6) is -0.265.